The smallest absolute Gasteiger partial charge is 0.431 e. The van der Waals surface area contributed by atoms with Crippen LogP contribution in [0, 0.1) is 35.5 Å². The Morgan fingerprint density at radius 3 is 1.82 bits per heavy atom. The van der Waals surface area contributed by atoms with Crippen molar-refractivity contribution in [1.82, 2.24) is 0 Å². The van der Waals surface area contributed by atoms with Crippen molar-refractivity contribution in [2.75, 3.05) is 13.2 Å². The SMILES string of the molecule is CC1CCC(C(C)C)C(OCC(O)C(O)C(O)COC(=O)OC2CC(C)CCC2C(C)C)C1. The topological polar surface area (TPSA) is 105 Å². The highest BCUT2D eigenvalue weighted by molar-refractivity contribution is 5.60. The van der Waals surface area contributed by atoms with Crippen molar-refractivity contribution in [3.8, 4) is 0 Å². The van der Waals surface area contributed by atoms with E-state index in [1.54, 1.807) is 0 Å². The van der Waals surface area contributed by atoms with E-state index < -0.39 is 31.1 Å². The Morgan fingerprint density at radius 1 is 0.788 bits per heavy atom. The Kier molecular flexibility index (Phi) is 11.4. The first-order valence-electron chi connectivity index (χ1n) is 13.0. The number of rotatable bonds is 10. The first kappa shape index (κ1) is 28.3. The molecule has 0 aromatic carbocycles. The van der Waals surface area contributed by atoms with Gasteiger partial charge in [0.1, 0.15) is 31.0 Å². The van der Waals surface area contributed by atoms with Crippen LogP contribution in [0.4, 0.5) is 4.79 Å². The van der Waals surface area contributed by atoms with Crippen molar-refractivity contribution >= 4 is 6.16 Å². The van der Waals surface area contributed by atoms with Crippen LogP contribution in [0.15, 0.2) is 0 Å². The summed E-state index contributed by atoms with van der Waals surface area (Å²) >= 11 is 0. The Labute approximate surface area is 200 Å². The molecule has 0 bridgehead atoms. The third-order valence-corrected chi connectivity index (χ3v) is 7.81. The predicted molar refractivity (Wildman–Crippen MR) is 127 cm³/mol. The Bertz CT molecular complexity index is 581. The molecule has 0 spiro atoms. The fourth-order valence-corrected chi connectivity index (χ4v) is 5.54. The average molecular weight is 473 g/mol. The van der Waals surface area contributed by atoms with E-state index in [2.05, 4.69) is 41.5 Å². The third kappa shape index (κ3) is 8.68. The molecular weight excluding hydrogens is 424 g/mol. The van der Waals surface area contributed by atoms with Crippen LogP contribution in [0.2, 0.25) is 0 Å². The standard InChI is InChI=1S/C26H48O7/c1-15(2)19-9-7-17(5)11-23(19)31-13-21(27)25(29)22(28)14-32-26(30)33-24-12-18(6)8-10-20(24)16(3)4/h15-25,27-29H,7-14H2,1-6H3. The highest BCUT2D eigenvalue weighted by Gasteiger charge is 2.35. The molecule has 0 saturated heterocycles. The molecule has 194 valence electrons. The lowest BCUT2D eigenvalue weighted by atomic mass is 9.75. The Hall–Kier alpha value is -0.890. The number of carbonyl (C=O) groups excluding carboxylic acids is 1. The molecule has 2 aliphatic carbocycles. The number of aliphatic hydroxyl groups is 3. The van der Waals surface area contributed by atoms with Crippen LogP contribution in [0.5, 0.6) is 0 Å². The van der Waals surface area contributed by atoms with E-state index in [1.165, 1.54) is 6.42 Å². The van der Waals surface area contributed by atoms with Gasteiger partial charge in [0.2, 0.25) is 0 Å². The maximum Gasteiger partial charge on any atom is 0.508 e. The van der Waals surface area contributed by atoms with Gasteiger partial charge in [-0.25, -0.2) is 4.79 Å². The minimum Gasteiger partial charge on any atom is -0.431 e. The van der Waals surface area contributed by atoms with E-state index >= 15 is 0 Å². The van der Waals surface area contributed by atoms with E-state index in [1.807, 2.05) is 0 Å². The van der Waals surface area contributed by atoms with E-state index in [4.69, 9.17) is 14.2 Å². The summed E-state index contributed by atoms with van der Waals surface area (Å²) in [6, 6.07) is 0. The van der Waals surface area contributed by atoms with E-state index in [0.717, 1.165) is 32.1 Å². The van der Waals surface area contributed by atoms with Crippen LogP contribution in [0.1, 0.15) is 80.1 Å². The average Bonchev–Trinajstić information content (AvgIpc) is 2.74. The molecule has 0 heterocycles. The van der Waals surface area contributed by atoms with Crippen molar-refractivity contribution in [2.24, 2.45) is 35.5 Å². The quantitative estimate of drug-likeness (QED) is 0.410. The summed E-state index contributed by atoms with van der Waals surface area (Å²) in [4.78, 5) is 12.2. The van der Waals surface area contributed by atoms with Crippen LogP contribution in [0.25, 0.3) is 0 Å². The van der Waals surface area contributed by atoms with Crippen LogP contribution in [-0.2, 0) is 14.2 Å². The second-order valence-corrected chi connectivity index (χ2v) is 11.4. The number of aliphatic hydroxyl groups excluding tert-OH is 3. The summed E-state index contributed by atoms with van der Waals surface area (Å²) in [5.41, 5.74) is 0. The highest BCUT2D eigenvalue weighted by atomic mass is 16.7. The summed E-state index contributed by atoms with van der Waals surface area (Å²) in [5.74, 6) is 2.66. The van der Waals surface area contributed by atoms with Crippen LogP contribution >= 0.6 is 0 Å². The van der Waals surface area contributed by atoms with Crippen LogP contribution in [-0.4, -0.2) is 65.2 Å². The third-order valence-electron chi connectivity index (χ3n) is 7.81. The minimum absolute atomic E-state index is 0.0331. The molecule has 33 heavy (non-hydrogen) atoms. The summed E-state index contributed by atoms with van der Waals surface area (Å²) < 4.78 is 16.6. The van der Waals surface area contributed by atoms with Gasteiger partial charge < -0.3 is 29.5 Å². The monoisotopic (exact) mass is 472 g/mol. The summed E-state index contributed by atoms with van der Waals surface area (Å²) in [6.07, 6.45) is 0.971. The number of hydrogen-bond acceptors (Lipinski definition) is 7. The van der Waals surface area contributed by atoms with Gasteiger partial charge in [-0.2, -0.15) is 0 Å². The molecule has 3 N–H and O–H groups in total. The van der Waals surface area contributed by atoms with Gasteiger partial charge >= 0.3 is 6.16 Å². The van der Waals surface area contributed by atoms with E-state index in [-0.39, 0.29) is 18.8 Å². The summed E-state index contributed by atoms with van der Waals surface area (Å²) in [6.45, 7) is 12.5. The van der Waals surface area contributed by atoms with Gasteiger partial charge in [-0.05, 0) is 61.2 Å². The Morgan fingerprint density at radius 2 is 1.27 bits per heavy atom. The molecular formula is C26H48O7. The summed E-state index contributed by atoms with van der Waals surface area (Å²) in [5, 5.41) is 30.9. The molecule has 7 nitrogen and oxygen atoms in total. The molecule has 2 rings (SSSR count). The van der Waals surface area contributed by atoms with Gasteiger partial charge in [0.05, 0.1) is 12.7 Å². The fourth-order valence-electron chi connectivity index (χ4n) is 5.54. The number of ether oxygens (including phenoxy) is 3. The highest BCUT2D eigenvalue weighted by Crippen LogP contribution is 2.36. The molecule has 0 aliphatic heterocycles. The van der Waals surface area contributed by atoms with Gasteiger partial charge in [-0.3, -0.25) is 0 Å². The van der Waals surface area contributed by atoms with Gasteiger partial charge in [0.25, 0.3) is 0 Å². The number of carbonyl (C=O) groups is 1. The lowest BCUT2D eigenvalue weighted by molar-refractivity contribution is -0.129. The zero-order chi connectivity index (χ0) is 24.7. The van der Waals surface area contributed by atoms with Crippen molar-refractivity contribution in [3.05, 3.63) is 0 Å². The van der Waals surface area contributed by atoms with Crippen molar-refractivity contribution in [2.45, 2.75) is 111 Å². The zero-order valence-electron chi connectivity index (χ0n) is 21.5. The summed E-state index contributed by atoms with van der Waals surface area (Å²) in [7, 11) is 0. The first-order chi connectivity index (χ1) is 15.5. The molecule has 0 aromatic heterocycles. The molecule has 0 amide bonds. The maximum absolute atomic E-state index is 12.2. The van der Waals surface area contributed by atoms with Crippen LogP contribution in [0.3, 0.4) is 0 Å². The van der Waals surface area contributed by atoms with Gasteiger partial charge in [-0.1, -0.05) is 54.4 Å². The van der Waals surface area contributed by atoms with Crippen molar-refractivity contribution in [1.29, 1.82) is 0 Å². The Balaban J connectivity index is 1.77. The second kappa shape index (κ2) is 13.3. The van der Waals surface area contributed by atoms with Gasteiger partial charge in [-0.15, -0.1) is 0 Å². The van der Waals surface area contributed by atoms with Crippen molar-refractivity contribution < 1.29 is 34.3 Å². The van der Waals surface area contributed by atoms with Gasteiger partial charge in [0, 0.05) is 0 Å². The molecule has 0 aromatic rings. The largest absolute Gasteiger partial charge is 0.508 e. The molecule has 7 heteroatoms. The van der Waals surface area contributed by atoms with Gasteiger partial charge in [0.15, 0.2) is 0 Å². The normalized spacial score (nSPS) is 33.5. The molecule has 9 atom stereocenters. The van der Waals surface area contributed by atoms with Crippen LogP contribution < -0.4 is 0 Å². The molecule has 2 fully saturated rings. The predicted octanol–water partition coefficient (Wildman–Crippen LogP) is 4.16. The van der Waals surface area contributed by atoms with E-state index in [9.17, 15) is 20.1 Å². The van der Waals surface area contributed by atoms with Crippen molar-refractivity contribution in [3.63, 3.8) is 0 Å². The molecule has 0 radical (unpaired) electrons. The molecule has 2 saturated carbocycles. The maximum atomic E-state index is 12.2. The second-order valence-electron chi connectivity index (χ2n) is 11.4. The lowest BCUT2D eigenvalue weighted by Crippen LogP contribution is -2.45. The first-order valence-corrected chi connectivity index (χ1v) is 13.0. The molecule has 2 aliphatic rings. The van der Waals surface area contributed by atoms with E-state index in [0.29, 0.717) is 35.5 Å². The number of hydrogen-bond donors (Lipinski definition) is 3. The molecule has 9 unspecified atom stereocenters. The zero-order valence-corrected chi connectivity index (χ0v) is 21.5. The lowest BCUT2D eigenvalue weighted by Gasteiger charge is -2.38. The fraction of sp³-hybridized carbons (Fsp3) is 0.962. The minimum atomic E-state index is -1.48.